The molecule has 0 fully saturated rings. The average Bonchev–Trinajstić information content (AvgIpc) is 2.68. The van der Waals surface area contributed by atoms with Crippen molar-refractivity contribution in [1.29, 1.82) is 0 Å². The fraction of sp³-hybridized carbons (Fsp3) is 0.0769. The van der Waals surface area contributed by atoms with E-state index in [1.54, 1.807) is 0 Å². The highest BCUT2D eigenvalue weighted by Gasteiger charge is 2.20. The fourth-order valence-corrected chi connectivity index (χ4v) is 2.14. The van der Waals surface area contributed by atoms with Gasteiger partial charge in [-0.3, -0.25) is 4.79 Å². The van der Waals surface area contributed by atoms with Crippen LogP contribution in [0.5, 0.6) is 0 Å². The number of nitrogens with zero attached hydrogens (tertiary/aromatic N) is 1. The summed E-state index contributed by atoms with van der Waals surface area (Å²) in [6.45, 7) is 0. The van der Waals surface area contributed by atoms with E-state index in [4.69, 9.17) is 28.3 Å². The number of carbonyl (C=O) groups excluding carboxylic acids is 1. The summed E-state index contributed by atoms with van der Waals surface area (Å²) in [5.41, 5.74) is -0.692. The Labute approximate surface area is 128 Å². The van der Waals surface area contributed by atoms with Gasteiger partial charge in [0, 0.05) is 7.05 Å². The zero-order chi connectivity index (χ0) is 15.7. The lowest BCUT2D eigenvalue weighted by atomic mass is 10.1. The summed E-state index contributed by atoms with van der Waals surface area (Å²) in [5, 5.41) is 11.5. The molecule has 1 aromatic heterocycles. The molecule has 0 bridgehead atoms. The number of rotatable bonds is 3. The Morgan fingerprint density at radius 1 is 1.33 bits per heavy atom. The molecule has 0 unspecified atom stereocenters. The summed E-state index contributed by atoms with van der Waals surface area (Å²) in [5.74, 6) is -2.93. The van der Waals surface area contributed by atoms with Gasteiger partial charge in [0.25, 0.3) is 5.91 Å². The van der Waals surface area contributed by atoms with Crippen LogP contribution < -0.4 is 5.32 Å². The van der Waals surface area contributed by atoms with Gasteiger partial charge in [0.2, 0.25) is 0 Å². The highest BCUT2D eigenvalue weighted by molar-refractivity contribution is 6.42. The van der Waals surface area contributed by atoms with Crippen molar-refractivity contribution < 1.29 is 19.1 Å². The number of hydrogen-bond donors (Lipinski definition) is 2. The monoisotopic (exact) mass is 330 g/mol. The van der Waals surface area contributed by atoms with Crippen LogP contribution in [0.2, 0.25) is 10.2 Å². The molecule has 8 heteroatoms. The summed E-state index contributed by atoms with van der Waals surface area (Å²) in [6.07, 6.45) is 0. The lowest BCUT2D eigenvalue weighted by Crippen LogP contribution is -2.18. The Kier molecular flexibility index (Phi) is 4.20. The van der Waals surface area contributed by atoms with Gasteiger partial charge in [-0.25, -0.2) is 9.18 Å². The SMILES string of the molecule is Cn1c(C(=O)Nc2c(F)cccc2C(=O)O)cc(Cl)c1Cl. The Balaban J connectivity index is 2.40. The normalized spacial score (nSPS) is 10.5. The summed E-state index contributed by atoms with van der Waals surface area (Å²) < 4.78 is 15.0. The van der Waals surface area contributed by atoms with Crippen molar-refractivity contribution in [2.75, 3.05) is 5.32 Å². The maximum absolute atomic E-state index is 13.7. The smallest absolute Gasteiger partial charge is 0.337 e. The quantitative estimate of drug-likeness (QED) is 0.905. The topological polar surface area (TPSA) is 71.3 Å². The average molecular weight is 331 g/mol. The molecular formula is C13H9Cl2FN2O3. The fourth-order valence-electron chi connectivity index (χ4n) is 1.77. The molecule has 0 aliphatic carbocycles. The van der Waals surface area contributed by atoms with Gasteiger partial charge in [0.05, 0.1) is 16.3 Å². The van der Waals surface area contributed by atoms with Crippen molar-refractivity contribution in [2.24, 2.45) is 7.05 Å². The van der Waals surface area contributed by atoms with E-state index in [9.17, 15) is 14.0 Å². The van der Waals surface area contributed by atoms with E-state index in [0.29, 0.717) is 0 Å². The number of carboxylic acids is 1. The van der Waals surface area contributed by atoms with Gasteiger partial charge in [-0.2, -0.15) is 0 Å². The highest BCUT2D eigenvalue weighted by Crippen LogP contribution is 2.26. The molecule has 21 heavy (non-hydrogen) atoms. The summed E-state index contributed by atoms with van der Waals surface area (Å²) >= 11 is 11.6. The Hall–Kier alpha value is -2.05. The molecular weight excluding hydrogens is 322 g/mol. The first kappa shape index (κ1) is 15.3. The highest BCUT2D eigenvalue weighted by atomic mass is 35.5. The molecule has 110 valence electrons. The zero-order valence-electron chi connectivity index (χ0n) is 10.7. The largest absolute Gasteiger partial charge is 0.478 e. The van der Waals surface area contributed by atoms with Crippen LogP contribution in [0.3, 0.4) is 0 Å². The van der Waals surface area contributed by atoms with E-state index in [1.165, 1.54) is 29.8 Å². The standard InChI is InChI=1S/C13H9Cl2FN2O3/c1-18-9(5-7(14)11(18)15)12(19)17-10-6(13(20)21)3-2-4-8(10)16/h2-5H,1H3,(H,17,19)(H,20,21). The van der Waals surface area contributed by atoms with Crippen LogP contribution in [0.4, 0.5) is 10.1 Å². The number of benzene rings is 1. The van der Waals surface area contributed by atoms with Gasteiger partial charge in [-0.15, -0.1) is 0 Å². The van der Waals surface area contributed by atoms with Crippen LogP contribution in [0.1, 0.15) is 20.8 Å². The van der Waals surface area contributed by atoms with Crippen LogP contribution in [-0.4, -0.2) is 21.6 Å². The molecule has 0 saturated carbocycles. The molecule has 1 aromatic carbocycles. The summed E-state index contributed by atoms with van der Waals surface area (Å²) in [4.78, 5) is 23.2. The first-order valence-corrected chi connectivity index (χ1v) is 6.42. The lowest BCUT2D eigenvalue weighted by Gasteiger charge is -2.10. The van der Waals surface area contributed by atoms with Crippen molar-refractivity contribution in [3.05, 3.63) is 51.5 Å². The number of carbonyl (C=O) groups is 2. The van der Waals surface area contributed by atoms with E-state index in [2.05, 4.69) is 5.32 Å². The van der Waals surface area contributed by atoms with E-state index < -0.39 is 23.4 Å². The number of amides is 1. The third kappa shape index (κ3) is 2.86. The maximum atomic E-state index is 13.7. The number of halogens is 3. The van der Waals surface area contributed by atoms with Crippen LogP contribution in [0, 0.1) is 5.82 Å². The number of nitrogens with one attached hydrogen (secondary N) is 1. The van der Waals surface area contributed by atoms with Crippen molar-refractivity contribution >= 4 is 40.8 Å². The zero-order valence-corrected chi connectivity index (χ0v) is 12.2. The molecule has 0 spiro atoms. The number of anilines is 1. The third-order valence-electron chi connectivity index (χ3n) is 2.83. The van der Waals surface area contributed by atoms with Gasteiger partial charge >= 0.3 is 5.97 Å². The first-order valence-electron chi connectivity index (χ1n) is 5.66. The third-order valence-corrected chi connectivity index (χ3v) is 3.67. The molecule has 0 aliphatic heterocycles. The molecule has 5 nitrogen and oxygen atoms in total. The number of aromatic carboxylic acids is 1. The summed E-state index contributed by atoms with van der Waals surface area (Å²) in [7, 11) is 1.50. The molecule has 1 amide bonds. The van der Waals surface area contributed by atoms with Crippen molar-refractivity contribution in [2.45, 2.75) is 0 Å². The number of hydrogen-bond acceptors (Lipinski definition) is 2. The van der Waals surface area contributed by atoms with Crippen LogP contribution in [0.25, 0.3) is 0 Å². The number of carboxylic acid groups (broad SMARTS) is 1. The predicted molar refractivity (Wildman–Crippen MR) is 76.7 cm³/mol. The van der Waals surface area contributed by atoms with E-state index in [-0.39, 0.29) is 21.4 Å². The van der Waals surface area contributed by atoms with E-state index in [0.717, 1.165) is 6.07 Å². The van der Waals surface area contributed by atoms with Gasteiger partial charge in [0.15, 0.2) is 0 Å². The minimum atomic E-state index is -1.35. The number of para-hydroxylation sites is 1. The predicted octanol–water partition coefficient (Wildman–Crippen LogP) is 3.42. The maximum Gasteiger partial charge on any atom is 0.337 e. The molecule has 2 rings (SSSR count). The molecule has 0 atom stereocenters. The second kappa shape index (κ2) is 5.75. The van der Waals surface area contributed by atoms with Crippen molar-refractivity contribution in [1.82, 2.24) is 4.57 Å². The van der Waals surface area contributed by atoms with Crippen molar-refractivity contribution in [3.8, 4) is 0 Å². The molecule has 1 heterocycles. The van der Waals surface area contributed by atoms with E-state index >= 15 is 0 Å². The molecule has 2 N–H and O–H groups in total. The van der Waals surface area contributed by atoms with Gasteiger partial charge < -0.3 is 15.0 Å². The molecule has 2 aromatic rings. The second-order valence-electron chi connectivity index (χ2n) is 4.15. The Morgan fingerprint density at radius 2 is 2.00 bits per heavy atom. The van der Waals surface area contributed by atoms with Gasteiger partial charge in [-0.05, 0) is 18.2 Å². The Bertz CT molecular complexity index is 743. The van der Waals surface area contributed by atoms with Crippen LogP contribution in [0.15, 0.2) is 24.3 Å². The Morgan fingerprint density at radius 3 is 2.52 bits per heavy atom. The minimum absolute atomic E-state index is 0.0737. The van der Waals surface area contributed by atoms with Crippen molar-refractivity contribution in [3.63, 3.8) is 0 Å². The van der Waals surface area contributed by atoms with Gasteiger partial charge in [0.1, 0.15) is 16.7 Å². The molecule has 0 aliphatic rings. The lowest BCUT2D eigenvalue weighted by molar-refractivity contribution is 0.0697. The second-order valence-corrected chi connectivity index (χ2v) is 4.91. The van der Waals surface area contributed by atoms with Gasteiger partial charge in [-0.1, -0.05) is 29.3 Å². The minimum Gasteiger partial charge on any atom is -0.478 e. The number of aromatic nitrogens is 1. The van der Waals surface area contributed by atoms with Crippen LogP contribution in [-0.2, 0) is 7.05 Å². The van der Waals surface area contributed by atoms with E-state index in [1.807, 2.05) is 0 Å². The molecule has 0 saturated heterocycles. The molecule has 0 radical (unpaired) electrons. The van der Waals surface area contributed by atoms with Crippen LogP contribution >= 0.6 is 23.2 Å². The first-order chi connectivity index (χ1) is 9.82. The summed E-state index contributed by atoms with van der Waals surface area (Å²) in [6, 6.07) is 4.78.